The highest BCUT2D eigenvalue weighted by Crippen LogP contribution is 2.30. The number of aromatic nitrogens is 1. The van der Waals surface area contributed by atoms with Crippen LogP contribution in [-0.4, -0.2) is 12.0 Å². The van der Waals surface area contributed by atoms with Crippen molar-refractivity contribution in [3.63, 3.8) is 0 Å². The van der Waals surface area contributed by atoms with Crippen LogP contribution in [0.25, 0.3) is 10.9 Å². The lowest BCUT2D eigenvalue weighted by Gasteiger charge is -2.10. The molecule has 0 unspecified atom stereocenters. The van der Waals surface area contributed by atoms with Gasteiger partial charge in [0.05, 0.1) is 0 Å². The van der Waals surface area contributed by atoms with E-state index >= 15 is 0 Å². The highest BCUT2D eigenvalue weighted by Gasteiger charge is 2.06. The van der Waals surface area contributed by atoms with E-state index in [1.165, 1.54) is 0 Å². The number of hydrogen-bond donors (Lipinski definition) is 1. The normalized spacial score (nSPS) is 10.8. The maximum absolute atomic E-state index is 6.26. The molecule has 0 atom stereocenters. The summed E-state index contributed by atoms with van der Waals surface area (Å²) in [5, 5.41) is 4.82. The molecule has 0 spiro atoms. The average Bonchev–Trinajstić information content (AvgIpc) is 2.51. The van der Waals surface area contributed by atoms with Crippen LogP contribution in [0.2, 0.25) is 5.02 Å². The van der Waals surface area contributed by atoms with E-state index in [1.807, 2.05) is 55.6 Å². The Morgan fingerprint density at radius 1 is 1.14 bits per heavy atom. The van der Waals surface area contributed by atoms with E-state index < -0.39 is 0 Å². The first kappa shape index (κ1) is 13.9. The summed E-state index contributed by atoms with van der Waals surface area (Å²) in [5.74, 6) is 1.43. The zero-order chi connectivity index (χ0) is 14.7. The van der Waals surface area contributed by atoms with Gasteiger partial charge in [0, 0.05) is 23.2 Å². The molecule has 1 heterocycles. The van der Waals surface area contributed by atoms with Gasteiger partial charge in [0.2, 0.25) is 0 Å². The Balaban J connectivity index is 1.93. The number of halogens is 1. The third-order valence-corrected chi connectivity index (χ3v) is 3.57. The van der Waals surface area contributed by atoms with E-state index in [1.54, 1.807) is 6.20 Å². The Labute approximate surface area is 128 Å². The van der Waals surface area contributed by atoms with E-state index in [-0.39, 0.29) is 0 Å². The molecular formula is C17H15ClN2O. The van der Waals surface area contributed by atoms with Crippen molar-refractivity contribution in [1.29, 1.82) is 0 Å². The van der Waals surface area contributed by atoms with Crippen LogP contribution in [0.15, 0.2) is 54.7 Å². The van der Waals surface area contributed by atoms with Gasteiger partial charge in [-0.25, -0.2) is 0 Å². The topological polar surface area (TPSA) is 34.1 Å². The fraction of sp³-hybridized carbons (Fsp3) is 0.118. The average molecular weight is 299 g/mol. The van der Waals surface area contributed by atoms with Crippen LogP contribution in [0, 0.1) is 0 Å². The molecule has 3 aromatic rings. The molecule has 1 aromatic heterocycles. The molecule has 3 nitrogen and oxygen atoms in total. The second kappa shape index (κ2) is 6.12. The summed E-state index contributed by atoms with van der Waals surface area (Å²) in [7, 11) is 1.89. The number of pyridine rings is 1. The SMILES string of the molecule is CNCc1ccc(Oc2cccc3cccnc23)cc1Cl. The van der Waals surface area contributed by atoms with Crippen molar-refractivity contribution < 1.29 is 4.74 Å². The first-order valence-electron chi connectivity index (χ1n) is 6.72. The number of para-hydroxylation sites is 1. The molecule has 0 bridgehead atoms. The lowest BCUT2D eigenvalue weighted by Crippen LogP contribution is -2.05. The Bertz CT molecular complexity index is 768. The zero-order valence-corrected chi connectivity index (χ0v) is 12.4. The minimum absolute atomic E-state index is 0.690. The third kappa shape index (κ3) is 2.99. The number of hydrogen-bond acceptors (Lipinski definition) is 3. The number of nitrogens with zero attached hydrogens (tertiary/aromatic N) is 1. The third-order valence-electron chi connectivity index (χ3n) is 3.22. The van der Waals surface area contributed by atoms with E-state index in [9.17, 15) is 0 Å². The fourth-order valence-corrected chi connectivity index (χ4v) is 2.45. The number of fused-ring (bicyclic) bond motifs is 1. The second-order valence-electron chi connectivity index (χ2n) is 4.72. The van der Waals surface area contributed by atoms with E-state index in [0.29, 0.717) is 10.8 Å². The zero-order valence-electron chi connectivity index (χ0n) is 11.6. The van der Waals surface area contributed by atoms with E-state index in [2.05, 4.69) is 10.3 Å². The molecule has 0 fully saturated rings. The van der Waals surface area contributed by atoms with Crippen molar-refractivity contribution in [3.05, 3.63) is 65.3 Å². The predicted octanol–water partition coefficient (Wildman–Crippen LogP) is 4.40. The van der Waals surface area contributed by atoms with Gasteiger partial charge in [-0.15, -0.1) is 0 Å². The van der Waals surface area contributed by atoms with Gasteiger partial charge in [-0.2, -0.15) is 0 Å². The lowest BCUT2D eigenvalue weighted by molar-refractivity contribution is 0.487. The van der Waals surface area contributed by atoms with Gasteiger partial charge >= 0.3 is 0 Å². The van der Waals surface area contributed by atoms with Crippen molar-refractivity contribution in [2.24, 2.45) is 0 Å². The van der Waals surface area contributed by atoms with Crippen molar-refractivity contribution in [2.75, 3.05) is 7.05 Å². The molecule has 0 amide bonds. The summed E-state index contributed by atoms with van der Waals surface area (Å²) in [4.78, 5) is 4.38. The van der Waals surface area contributed by atoms with Gasteiger partial charge < -0.3 is 10.1 Å². The van der Waals surface area contributed by atoms with Crippen LogP contribution >= 0.6 is 11.6 Å². The monoisotopic (exact) mass is 298 g/mol. The summed E-state index contributed by atoms with van der Waals surface area (Å²) in [6.07, 6.45) is 1.76. The quantitative estimate of drug-likeness (QED) is 0.775. The van der Waals surface area contributed by atoms with Crippen molar-refractivity contribution in [3.8, 4) is 11.5 Å². The Morgan fingerprint density at radius 3 is 2.81 bits per heavy atom. The molecule has 0 aliphatic carbocycles. The molecule has 0 aliphatic rings. The molecule has 106 valence electrons. The number of benzene rings is 2. The molecule has 2 aromatic carbocycles. The summed E-state index contributed by atoms with van der Waals surface area (Å²) < 4.78 is 5.94. The second-order valence-corrected chi connectivity index (χ2v) is 5.12. The maximum atomic E-state index is 6.26. The summed E-state index contributed by atoms with van der Waals surface area (Å²) in [5.41, 5.74) is 1.89. The fourth-order valence-electron chi connectivity index (χ4n) is 2.21. The van der Waals surface area contributed by atoms with Crippen LogP contribution in [0.5, 0.6) is 11.5 Å². The van der Waals surface area contributed by atoms with E-state index in [0.717, 1.165) is 28.8 Å². The minimum atomic E-state index is 0.690. The number of nitrogens with one attached hydrogen (secondary N) is 1. The molecule has 3 rings (SSSR count). The molecule has 0 saturated heterocycles. The first-order valence-corrected chi connectivity index (χ1v) is 7.10. The molecule has 0 radical (unpaired) electrons. The van der Waals surface area contributed by atoms with Crippen LogP contribution < -0.4 is 10.1 Å². The molecule has 4 heteroatoms. The maximum Gasteiger partial charge on any atom is 0.153 e. The smallest absolute Gasteiger partial charge is 0.153 e. The van der Waals surface area contributed by atoms with E-state index in [4.69, 9.17) is 16.3 Å². The Morgan fingerprint density at radius 2 is 2.00 bits per heavy atom. The lowest BCUT2D eigenvalue weighted by atomic mass is 10.2. The van der Waals surface area contributed by atoms with Crippen molar-refractivity contribution in [1.82, 2.24) is 10.3 Å². The van der Waals surface area contributed by atoms with Crippen LogP contribution in [0.3, 0.4) is 0 Å². The molecule has 0 saturated carbocycles. The first-order chi connectivity index (χ1) is 10.3. The van der Waals surface area contributed by atoms with Gasteiger partial charge in [-0.1, -0.05) is 35.9 Å². The molecule has 0 aliphatic heterocycles. The summed E-state index contributed by atoms with van der Waals surface area (Å²) in [6.45, 7) is 0.731. The summed E-state index contributed by atoms with van der Waals surface area (Å²) in [6, 6.07) is 15.5. The standard InChI is InChI=1S/C17H15ClN2O/c1-19-11-13-7-8-14(10-15(13)18)21-16-6-2-4-12-5-3-9-20-17(12)16/h2-10,19H,11H2,1H3. The van der Waals surface area contributed by atoms with Gasteiger partial charge in [-0.3, -0.25) is 4.98 Å². The Hall–Kier alpha value is -2.10. The minimum Gasteiger partial charge on any atom is -0.455 e. The van der Waals surface area contributed by atoms with Crippen LogP contribution in [-0.2, 0) is 6.54 Å². The largest absolute Gasteiger partial charge is 0.455 e. The van der Waals surface area contributed by atoms with Gasteiger partial charge in [0.25, 0.3) is 0 Å². The highest BCUT2D eigenvalue weighted by atomic mass is 35.5. The molecule has 1 N–H and O–H groups in total. The Kier molecular flexibility index (Phi) is 4.04. The van der Waals surface area contributed by atoms with Gasteiger partial charge in [-0.05, 0) is 36.9 Å². The number of rotatable bonds is 4. The van der Waals surface area contributed by atoms with Crippen LogP contribution in [0.1, 0.15) is 5.56 Å². The number of ether oxygens (including phenoxy) is 1. The van der Waals surface area contributed by atoms with Crippen LogP contribution in [0.4, 0.5) is 0 Å². The molecular weight excluding hydrogens is 284 g/mol. The van der Waals surface area contributed by atoms with Crippen molar-refractivity contribution in [2.45, 2.75) is 6.54 Å². The summed E-state index contributed by atoms with van der Waals surface area (Å²) >= 11 is 6.26. The van der Waals surface area contributed by atoms with Crippen molar-refractivity contribution >= 4 is 22.5 Å². The van der Waals surface area contributed by atoms with Gasteiger partial charge in [0.1, 0.15) is 11.3 Å². The highest BCUT2D eigenvalue weighted by molar-refractivity contribution is 6.31. The predicted molar refractivity (Wildman–Crippen MR) is 86.0 cm³/mol. The van der Waals surface area contributed by atoms with Gasteiger partial charge in [0.15, 0.2) is 5.75 Å². The molecule has 21 heavy (non-hydrogen) atoms.